The van der Waals surface area contributed by atoms with E-state index >= 15 is 0 Å². The monoisotopic (exact) mass is 524 g/mol. The van der Waals surface area contributed by atoms with Crippen LogP contribution in [-0.2, 0) is 4.74 Å². The molecule has 2 unspecified atom stereocenters. The van der Waals surface area contributed by atoms with Crippen LogP contribution in [0.1, 0.15) is 18.0 Å². The number of amides is 2. The third-order valence-electron chi connectivity index (χ3n) is 5.65. The van der Waals surface area contributed by atoms with Crippen LogP contribution < -0.4 is 14.5 Å². The molecule has 2 atom stereocenters. The molecule has 0 radical (unpaired) electrons. The van der Waals surface area contributed by atoms with Gasteiger partial charge in [-0.1, -0.05) is 35.3 Å². The fraction of sp³-hybridized carbons (Fsp3) is 0.240. The van der Waals surface area contributed by atoms with Crippen LogP contribution in [0.2, 0.25) is 10.0 Å². The molecule has 2 amide bonds. The number of hydrogen-bond donors (Lipinski definition) is 0. The average molecular weight is 525 g/mol. The first-order valence-electron chi connectivity index (χ1n) is 10.7. The van der Waals surface area contributed by atoms with E-state index in [1.165, 1.54) is 18.2 Å². The molecule has 1 saturated heterocycles. The van der Waals surface area contributed by atoms with Crippen LogP contribution in [0.3, 0.4) is 0 Å². The summed E-state index contributed by atoms with van der Waals surface area (Å²) in [5, 5.41) is 1.000. The largest absolute Gasteiger partial charge is 0.573 e. The molecule has 1 aliphatic heterocycles. The molecule has 0 N–H and O–H groups in total. The Morgan fingerprint density at radius 2 is 1.46 bits per heavy atom. The van der Waals surface area contributed by atoms with Gasteiger partial charge in [0.15, 0.2) is 0 Å². The Labute approximate surface area is 210 Å². The number of alkyl halides is 3. The van der Waals surface area contributed by atoms with Crippen molar-refractivity contribution in [3.63, 3.8) is 0 Å². The van der Waals surface area contributed by atoms with Gasteiger partial charge in [-0.15, -0.1) is 13.2 Å². The van der Waals surface area contributed by atoms with Gasteiger partial charge in [-0.25, -0.2) is 4.79 Å². The maximum Gasteiger partial charge on any atom is 0.573 e. The third kappa shape index (κ3) is 5.66. The molecule has 1 heterocycles. The molecule has 35 heavy (non-hydrogen) atoms. The van der Waals surface area contributed by atoms with E-state index in [1.54, 1.807) is 71.5 Å². The molecule has 1 fully saturated rings. The van der Waals surface area contributed by atoms with Gasteiger partial charge in [-0.2, -0.15) is 0 Å². The number of anilines is 2. The van der Waals surface area contributed by atoms with Gasteiger partial charge in [-0.3, -0.25) is 9.80 Å². The molecular formula is C25H21Cl2F3N2O3. The van der Waals surface area contributed by atoms with E-state index < -0.39 is 18.4 Å². The summed E-state index contributed by atoms with van der Waals surface area (Å²) >= 11 is 12.1. The van der Waals surface area contributed by atoms with Crippen LogP contribution in [0.15, 0.2) is 72.8 Å². The SMILES string of the molecule is COCCC1C(c2cccc(OC(F)(F)F)c2)N(c2ccc(Cl)cc2)C(=O)N1c1ccc(Cl)cc1. The average Bonchev–Trinajstić information content (AvgIpc) is 3.10. The minimum atomic E-state index is -4.84. The quantitative estimate of drug-likeness (QED) is 0.321. The molecule has 0 saturated carbocycles. The Morgan fingerprint density at radius 3 is 2.00 bits per heavy atom. The highest BCUT2D eigenvalue weighted by Gasteiger charge is 2.48. The molecule has 1 aliphatic rings. The van der Waals surface area contributed by atoms with Crippen LogP contribution in [0.5, 0.6) is 5.75 Å². The van der Waals surface area contributed by atoms with Crippen molar-refractivity contribution in [2.45, 2.75) is 24.9 Å². The predicted octanol–water partition coefficient (Wildman–Crippen LogP) is 7.49. The lowest BCUT2D eigenvalue weighted by atomic mass is 9.95. The zero-order valence-electron chi connectivity index (χ0n) is 18.5. The second kappa shape index (κ2) is 10.4. The van der Waals surface area contributed by atoms with Gasteiger partial charge in [0, 0.05) is 35.1 Å². The Bertz CT molecular complexity index is 1170. The van der Waals surface area contributed by atoms with Crippen molar-refractivity contribution in [3.8, 4) is 5.75 Å². The third-order valence-corrected chi connectivity index (χ3v) is 6.15. The number of urea groups is 1. The first-order chi connectivity index (χ1) is 16.7. The van der Waals surface area contributed by atoms with Crippen LogP contribution in [0.4, 0.5) is 29.3 Å². The first-order valence-corrected chi connectivity index (χ1v) is 11.4. The Morgan fingerprint density at radius 1 is 0.886 bits per heavy atom. The molecule has 184 valence electrons. The fourth-order valence-corrected chi connectivity index (χ4v) is 4.51. The van der Waals surface area contributed by atoms with Crippen molar-refractivity contribution in [3.05, 3.63) is 88.4 Å². The smallest absolute Gasteiger partial charge is 0.406 e. The number of carbonyl (C=O) groups is 1. The van der Waals surface area contributed by atoms with Gasteiger partial charge in [0.2, 0.25) is 0 Å². The number of nitrogens with zero attached hydrogens (tertiary/aromatic N) is 2. The molecule has 0 aromatic heterocycles. The summed E-state index contributed by atoms with van der Waals surface area (Å²) in [6.45, 7) is 0.325. The lowest BCUT2D eigenvalue weighted by Gasteiger charge is -2.29. The molecule has 5 nitrogen and oxygen atoms in total. The summed E-state index contributed by atoms with van der Waals surface area (Å²) < 4.78 is 48.2. The number of benzene rings is 3. The van der Waals surface area contributed by atoms with Gasteiger partial charge < -0.3 is 9.47 Å². The molecule has 0 aliphatic carbocycles. The molecule has 0 bridgehead atoms. The minimum absolute atomic E-state index is 0.325. The fourth-order valence-electron chi connectivity index (χ4n) is 4.26. The highest BCUT2D eigenvalue weighted by molar-refractivity contribution is 6.31. The topological polar surface area (TPSA) is 42.0 Å². The Hall–Kier alpha value is -2.94. The van der Waals surface area contributed by atoms with Crippen LogP contribution >= 0.6 is 23.2 Å². The van der Waals surface area contributed by atoms with Crippen molar-refractivity contribution in [1.82, 2.24) is 0 Å². The highest BCUT2D eigenvalue weighted by Crippen LogP contribution is 2.44. The van der Waals surface area contributed by atoms with Crippen molar-refractivity contribution < 1.29 is 27.4 Å². The van der Waals surface area contributed by atoms with E-state index in [1.807, 2.05) is 0 Å². The Balaban J connectivity index is 1.85. The van der Waals surface area contributed by atoms with Gasteiger partial charge in [0.1, 0.15) is 5.75 Å². The van der Waals surface area contributed by atoms with E-state index in [9.17, 15) is 18.0 Å². The van der Waals surface area contributed by atoms with Crippen LogP contribution in [0, 0.1) is 0 Å². The van der Waals surface area contributed by atoms with Crippen LogP contribution in [0.25, 0.3) is 0 Å². The van der Waals surface area contributed by atoms with Crippen molar-refractivity contribution in [2.24, 2.45) is 0 Å². The predicted molar refractivity (Wildman–Crippen MR) is 129 cm³/mol. The summed E-state index contributed by atoms with van der Waals surface area (Å²) in [7, 11) is 1.55. The van der Waals surface area contributed by atoms with Gasteiger partial charge >= 0.3 is 12.4 Å². The first kappa shape index (κ1) is 25.2. The molecule has 3 aromatic rings. The molecule has 4 rings (SSSR count). The zero-order valence-corrected chi connectivity index (χ0v) is 20.0. The number of ether oxygens (including phenoxy) is 2. The minimum Gasteiger partial charge on any atom is -0.406 e. The number of carbonyl (C=O) groups excluding carboxylic acids is 1. The summed E-state index contributed by atoms with van der Waals surface area (Å²) in [6.07, 6.45) is -4.42. The van der Waals surface area contributed by atoms with E-state index in [4.69, 9.17) is 27.9 Å². The van der Waals surface area contributed by atoms with E-state index in [2.05, 4.69) is 4.74 Å². The highest BCUT2D eigenvalue weighted by atomic mass is 35.5. The number of rotatable bonds is 7. The summed E-state index contributed by atoms with van der Waals surface area (Å²) in [4.78, 5) is 17.1. The van der Waals surface area contributed by atoms with Crippen molar-refractivity contribution in [1.29, 1.82) is 0 Å². The molecule has 10 heteroatoms. The standard InChI is InChI=1S/C25H21Cl2F3N2O3/c1-34-14-13-22-23(16-3-2-4-21(15-16)35-25(28,29)30)32(20-11-7-18(27)8-12-20)24(33)31(22)19-9-5-17(26)6-10-19/h2-12,15,22-23H,13-14H2,1H3. The van der Waals surface area contributed by atoms with E-state index in [0.29, 0.717) is 40.0 Å². The van der Waals surface area contributed by atoms with Gasteiger partial charge in [-0.05, 0) is 72.6 Å². The van der Waals surface area contributed by atoms with E-state index in [0.717, 1.165) is 0 Å². The second-order valence-corrected chi connectivity index (χ2v) is 8.76. The Kier molecular flexibility index (Phi) is 7.44. The number of hydrogen-bond acceptors (Lipinski definition) is 3. The molecule has 0 spiro atoms. The number of halogens is 5. The van der Waals surface area contributed by atoms with Gasteiger partial charge in [0.05, 0.1) is 12.1 Å². The van der Waals surface area contributed by atoms with Gasteiger partial charge in [0.25, 0.3) is 0 Å². The van der Waals surface area contributed by atoms with Crippen molar-refractivity contribution >= 4 is 40.6 Å². The lowest BCUT2D eigenvalue weighted by Crippen LogP contribution is -2.35. The maximum absolute atomic E-state index is 13.9. The molecule has 3 aromatic carbocycles. The lowest BCUT2D eigenvalue weighted by molar-refractivity contribution is -0.274. The van der Waals surface area contributed by atoms with Crippen molar-refractivity contribution in [2.75, 3.05) is 23.5 Å². The molecular weight excluding hydrogens is 504 g/mol. The zero-order chi connectivity index (χ0) is 25.2. The number of methoxy groups -OCH3 is 1. The summed E-state index contributed by atoms with van der Waals surface area (Å²) in [5.74, 6) is -0.367. The summed E-state index contributed by atoms with van der Waals surface area (Å²) in [5.41, 5.74) is 1.63. The normalized spacial score (nSPS) is 18.3. The van der Waals surface area contributed by atoms with Crippen LogP contribution in [-0.4, -0.2) is 32.2 Å². The van der Waals surface area contributed by atoms with E-state index in [-0.39, 0.29) is 11.8 Å². The second-order valence-electron chi connectivity index (χ2n) is 7.89. The summed E-state index contributed by atoms with van der Waals surface area (Å²) in [6, 6.07) is 17.7. The maximum atomic E-state index is 13.9.